The van der Waals surface area contributed by atoms with Gasteiger partial charge >= 0.3 is 0 Å². The lowest BCUT2D eigenvalue weighted by molar-refractivity contribution is -0.0592. The van der Waals surface area contributed by atoms with Crippen LogP contribution < -0.4 is 0 Å². The third-order valence-corrected chi connectivity index (χ3v) is 7.60. The molecule has 3 heteroatoms. The van der Waals surface area contributed by atoms with Gasteiger partial charge in [0.05, 0.1) is 10.7 Å². The van der Waals surface area contributed by atoms with Crippen molar-refractivity contribution >= 4 is 22.6 Å². The highest BCUT2D eigenvalue weighted by Crippen LogP contribution is 2.63. The van der Waals surface area contributed by atoms with Crippen LogP contribution in [0.25, 0.3) is 0 Å². The molecule has 0 aromatic heterocycles. The topological polar surface area (TPSA) is 29.5 Å². The fourth-order valence-corrected chi connectivity index (χ4v) is 6.73. The van der Waals surface area contributed by atoms with Crippen molar-refractivity contribution in [3.63, 3.8) is 0 Å². The van der Waals surface area contributed by atoms with Gasteiger partial charge in [-0.05, 0) is 84.5 Å². The van der Waals surface area contributed by atoms with Crippen LogP contribution in [0.15, 0.2) is 30.9 Å². The third-order valence-electron chi connectivity index (χ3n) is 7.24. The molecule has 0 saturated heterocycles. The van der Waals surface area contributed by atoms with Crippen LogP contribution in [0.2, 0.25) is 0 Å². The summed E-state index contributed by atoms with van der Waals surface area (Å²) in [6.07, 6.45) is 8.63. The smallest absolute Gasteiger partial charge is 0.115 e. The molecule has 3 aliphatic rings. The molecule has 0 radical (unpaired) electrons. The number of benzene rings is 1. The van der Waals surface area contributed by atoms with Crippen LogP contribution in [0, 0.1) is 23.2 Å². The molecule has 0 amide bonds. The molecule has 0 heterocycles. The minimum atomic E-state index is 0.291. The van der Waals surface area contributed by atoms with Crippen molar-refractivity contribution in [2.24, 2.45) is 23.2 Å². The summed E-state index contributed by atoms with van der Waals surface area (Å²) in [6.45, 7) is 6.66. The molecule has 2 nitrogen and oxygen atoms in total. The van der Waals surface area contributed by atoms with E-state index in [-0.39, 0.29) is 0 Å². The number of allylic oxidation sites excluding steroid dienone is 1. The number of phenolic OH excluding ortho intramolecular Hbond substituents is 1. The predicted octanol–water partition coefficient (Wildman–Crippen LogP) is 5.44. The summed E-state index contributed by atoms with van der Waals surface area (Å²) in [7, 11) is 0. The molecule has 1 aromatic carbocycles. The quantitative estimate of drug-likeness (QED) is 0.387. The van der Waals surface area contributed by atoms with E-state index in [2.05, 4.69) is 48.2 Å². The molecule has 130 valence electrons. The number of rotatable bonds is 3. The second-order valence-corrected chi connectivity index (χ2v) is 8.79. The third kappa shape index (κ3) is 2.45. The molecule has 0 bridgehead atoms. The van der Waals surface area contributed by atoms with E-state index < -0.39 is 0 Å². The highest BCUT2D eigenvalue weighted by atomic mass is 127. The van der Waals surface area contributed by atoms with Crippen molar-refractivity contribution in [2.75, 3.05) is 4.61 Å². The Hall–Kier alpha value is -0.550. The Kier molecular flexibility index (Phi) is 4.44. The number of hydrogen-bond donors (Lipinski definition) is 1. The Bertz CT molecular complexity index is 643. The van der Waals surface area contributed by atoms with Crippen LogP contribution in [-0.2, 0) is 11.2 Å². The summed E-state index contributed by atoms with van der Waals surface area (Å²) in [5, 5.41) is 9.85. The standard InChI is InChI=1S/C21H27IO2/c1-3-13-11-21(2)18(8-9-19(21)24-12-22)17-6-4-14-10-15(23)5-7-16(14)20(13)17/h3,5,7,10,13,17-20,23H,1,4,6,8-9,11-12H2,2H3. The maximum atomic E-state index is 9.85. The second-order valence-electron chi connectivity index (χ2n) is 8.17. The molecule has 0 spiro atoms. The summed E-state index contributed by atoms with van der Waals surface area (Å²) < 4.78 is 6.94. The lowest BCUT2D eigenvalue weighted by Crippen LogP contribution is -2.48. The number of alkyl halides is 1. The number of aryl methyl sites for hydroxylation is 1. The number of hydrogen-bond acceptors (Lipinski definition) is 2. The van der Waals surface area contributed by atoms with Crippen molar-refractivity contribution in [1.82, 2.24) is 0 Å². The van der Waals surface area contributed by atoms with Gasteiger partial charge < -0.3 is 9.84 Å². The summed E-state index contributed by atoms with van der Waals surface area (Å²) >= 11 is 2.34. The van der Waals surface area contributed by atoms with Crippen molar-refractivity contribution < 1.29 is 9.84 Å². The first-order valence-corrected chi connectivity index (χ1v) is 10.7. The Labute approximate surface area is 158 Å². The predicted molar refractivity (Wildman–Crippen MR) is 106 cm³/mol. The number of ether oxygens (including phenoxy) is 1. The van der Waals surface area contributed by atoms with Gasteiger partial charge in [-0.1, -0.05) is 41.7 Å². The van der Waals surface area contributed by atoms with Gasteiger partial charge in [-0.15, -0.1) is 6.58 Å². The molecule has 2 saturated carbocycles. The van der Waals surface area contributed by atoms with Gasteiger partial charge in [0.25, 0.3) is 0 Å². The molecule has 24 heavy (non-hydrogen) atoms. The monoisotopic (exact) mass is 438 g/mol. The van der Waals surface area contributed by atoms with Crippen LogP contribution in [0.4, 0.5) is 0 Å². The van der Waals surface area contributed by atoms with E-state index in [0.29, 0.717) is 29.1 Å². The van der Waals surface area contributed by atoms with Gasteiger partial charge in [0, 0.05) is 0 Å². The largest absolute Gasteiger partial charge is 0.508 e. The molecule has 2 fully saturated rings. The van der Waals surface area contributed by atoms with E-state index >= 15 is 0 Å². The van der Waals surface area contributed by atoms with Crippen LogP contribution >= 0.6 is 22.6 Å². The van der Waals surface area contributed by atoms with E-state index in [1.165, 1.54) is 36.8 Å². The molecule has 6 unspecified atom stereocenters. The number of fused-ring (bicyclic) bond motifs is 5. The Morgan fingerprint density at radius 3 is 2.96 bits per heavy atom. The molecular formula is C21H27IO2. The SMILES string of the molecule is C=CC1CC2(C)C(OCI)CCC2C2CCc3cc(O)ccc3C12. The van der Waals surface area contributed by atoms with Crippen LogP contribution in [0.5, 0.6) is 5.75 Å². The highest BCUT2D eigenvalue weighted by Gasteiger charge is 2.57. The van der Waals surface area contributed by atoms with Crippen molar-refractivity contribution in [1.29, 1.82) is 0 Å². The van der Waals surface area contributed by atoms with Crippen molar-refractivity contribution in [2.45, 2.75) is 51.0 Å². The highest BCUT2D eigenvalue weighted by molar-refractivity contribution is 14.1. The van der Waals surface area contributed by atoms with E-state index in [9.17, 15) is 5.11 Å². The minimum Gasteiger partial charge on any atom is -0.508 e. The number of aromatic hydroxyl groups is 1. The fourth-order valence-electron chi connectivity index (χ4n) is 6.30. The molecule has 4 rings (SSSR count). The van der Waals surface area contributed by atoms with E-state index in [1.54, 1.807) is 0 Å². The molecular weight excluding hydrogens is 411 g/mol. The van der Waals surface area contributed by atoms with Gasteiger partial charge in [0.15, 0.2) is 0 Å². The van der Waals surface area contributed by atoms with Crippen LogP contribution in [0.1, 0.15) is 49.7 Å². The Morgan fingerprint density at radius 2 is 2.21 bits per heavy atom. The van der Waals surface area contributed by atoms with Gasteiger partial charge in [-0.3, -0.25) is 0 Å². The summed E-state index contributed by atoms with van der Waals surface area (Å²) in [6, 6.07) is 6.02. The fraction of sp³-hybridized carbons (Fsp3) is 0.619. The maximum Gasteiger partial charge on any atom is 0.115 e. The maximum absolute atomic E-state index is 9.85. The first-order valence-electron chi connectivity index (χ1n) is 9.20. The lowest BCUT2D eigenvalue weighted by atomic mass is 9.52. The zero-order valence-electron chi connectivity index (χ0n) is 14.4. The second kappa shape index (κ2) is 6.31. The number of phenols is 1. The van der Waals surface area contributed by atoms with Crippen molar-refractivity contribution in [3.8, 4) is 5.75 Å². The van der Waals surface area contributed by atoms with Crippen molar-refractivity contribution in [3.05, 3.63) is 42.0 Å². The van der Waals surface area contributed by atoms with Crippen LogP contribution in [-0.4, -0.2) is 15.8 Å². The molecule has 1 N–H and O–H groups in total. The summed E-state index contributed by atoms with van der Waals surface area (Å²) in [5.74, 6) is 2.97. The molecule has 0 aliphatic heterocycles. The molecule has 1 aromatic rings. The van der Waals surface area contributed by atoms with Gasteiger partial charge in [-0.2, -0.15) is 0 Å². The van der Waals surface area contributed by atoms with Crippen LogP contribution in [0.3, 0.4) is 0 Å². The average Bonchev–Trinajstić information content (AvgIpc) is 2.90. The van der Waals surface area contributed by atoms with E-state index in [0.717, 1.165) is 22.9 Å². The lowest BCUT2D eigenvalue weighted by Gasteiger charge is -2.53. The van der Waals surface area contributed by atoms with Gasteiger partial charge in [0.1, 0.15) is 5.75 Å². The minimum absolute atomic E-state index is 0.291. The summed E-state index contributed by atoms with van der Waals surface area (Å²) in [5.41, 5.74) is 3.11. The zero-order chi connectivity index (χ0) is 16.9. The normalized spacial score (nSPS) is 40.5. The Morgan fingerprint density at radius 1 is 1.38 bits per heavy atom. The molecule has 3 aliphatic carbocycles. The average molecular weight is 438 g/mol. The van der Waals surface area contributed by atoms with Gasteiger partial charge in [-0.25, -0.2) is 0 Å². The first-order chi connectivity index (χ1) is 11.6. The first kappa shape index (κ1) is 16.9. The molecule has 6 atom stereocenters. The zero-order valence-corrected chi connectivity index (χ0v) is 16.5. The van der Waals surface area contributed by atoms with E-state index in [4.69, 9.17) is 4.74 Å². The number of halogens is 1. The Balaban J connectivity index is 1.73. The van der Waals surface area contributed by atoms with E-state index in [1.807, 2.05) is 12.1 Å². The van der Waals surface area contributed by atoms with Gasteiger partial charge in [0.2, 0.25) is 0 Å². The summed E-state index contributed by atoms with van der Waals surface area (Å²) in [4.78, 5) is 0.